The first kappa shape index (κ1) is 47.3. The molecule has 17 nitrogen and oxygen atoms in total. The third-order valence-corrected chi connectivity index (χ3v) is 14.4. The number of nitrogens with one attached hydrogen (secondary N) is 4. The van der Waals surface area contributed by atoms with Gasteiger partial charge in [-0.05, 0) is 80.0 Å². The molecule has 11 rings (SSSR count). The van der Waals surface area contributed by atoms with Crippen LogP contribution in [0.5, 0.6) is 0 Å². The number of aromatic amines is 2. The number of benzene rings is 4. The van der Waals surface area contributed by atoms with E-state index in [-0.39, 0.29) is 36.1 Å². The first-order chi connectivity index (χ1) is 35.3. The normalized spacial score (nSPS) is 20.2. The summed E-state index contributed by atoms with van der Waals surface area (Å²) in [4.78, 5) is 67.5. The number of ether oxygens (including phenoxy) is 4. The highest BCUT2D eigenvalue weighted by Crippen LogP contribution is 2.37. The summed E-state index contributed by atoms with van der Waals surface area (Å²) in [5.74, 6) is 1.03. The van der Waals surface area contributed by atoms with Gasteiger partial charge >= 0.3 is 6.09 Å². The van der Waals surface area contributed by atoms with Gasteiger partial charge in [0.25, 0.3) is 5.91 Å². The van der Waals surface area contributed by atoms with Gasteiger partial charge in [-0.3, -0.25) is 14.9 Å². The number of imidazole rings is 2. The first-order valence-corrected chi connectivity index (χ1v) is 25.2. The van der Waals surface area contributed by atoms with Crippen molar-refractivity contribution in [3.05, 3.63) is 138 Å². The van der Waals surface area contributed by atoms with E-state index >= 15 is 0 Å². The van der Waals surface area contributed by atoms with Gasteiger partial charge in [0.1, 0.15) is 29.8 Å². The molecule has 7 aromatic rings. The van der Waals surface area contributed by atoms with Gasteiger partial charge < -0.3 is 49.1 Å². The molecule has 3 amide bonds. The van der Waals surface area contributed by atoms with Gasteiger partial charge in [0, 0.05) is 55.7 Å². The third-order valence-electron chi connectivity index (χ3n) is 14.4. The van der Waals surface area contributed by atoms with Crippen LogP contribution in [0.3, 0.4) is 0 Å². The number of hydrogen-bond donors (Lipinski definition) is 5. The van der Waals surface area contributed by atoms with Crippen molar-refractivity contribution in [2.75, 3.05) is 39.5 Å². The minimum absolute atomic E-state index is 0.156. The Morgan fingerprint density at radius 1 is 0.653 bits per heavy atom. The van der Waals surface area contributed by atoms with Crippen molar-refractivity contribution < 1.29 is 38.4 Å². The molecule has 17 heteroatoms. The summed E-state index contributed by atoms with van der Waals surface area (Å²) in [5, 5.41) is 17.9. The molecule has 5 atom stereocenters. The lowest BCUT2D eigenvalue weighted by Crippen LogP contribution is -2.46. The first-order valence-electron chi connectivity index (χ1n) is 25.2. The molecule has 5 unspecified atom stereocenters. The number of aliphatic hydroxyl groups excluding tert-OH is 1. The van der Waals surface area contributed by atoms with Crippen LogP contribution >= 0.6 is 0 Å². The number of alkyl carbamates (subject to hydrolysis) is 1. The van der Waals surface area contributed by atoms with Gasteiger partial charge in [-0.2, -0.15) is 0 Å². The minimum Gasteiger partial charge on any atom is -0.446 e. The number of pyridine rings is 1. The Hall–Kier alpha value is -7.02. The Morgan fingerprint density at radius 3 is 1.99 bits per heavy atom. The van der Waals surface area contributed by atoms with Crippen LogP contribution in [0.4, 0.5) is 4.79 Å². The number of nitrogens with zero attached hydrogens (tertiary/aromatic N) is 5. The summed E-state index contributed by atoms with van der Waals surface area (Å²) in [6.07, 6.45) is 5.15. The Bertz CT molecular complexity index is 3010. The van der Waals surface area contributed by atoms with Crippen LogP contribution in [0.15, 0.2) is 115 Å². The van der Waals surface area contributed by atoms with E-state index in [1.165, 1.54) is 0 Å². The number of aliphatic hydroxyl groups is 1. The third kappa shape index (κ3) is 10.3. The van der Waals surface area contributed by atoms with Crippen molar-refractivity contribution in [3.63, 3.8) is 0 Å². The second-order valence-electron chi connectivity index (χ2n) is 19.0. The average Bonchev–Trinajstić information content (AvgIpc) is 4.27. The van der Waals surface area contributed by atoms with E-state index in [0.717, 1.165) is 75.7 Å². The molecule has 0 radical (unpaired) electrons. The van der Waals surface area contributed by atoms with Crippen molar-refractivity contribution in [2.45, 2.75) is 94.2 Å². The van der Waals surface area contributed by atoms with Crippen molar-refractivity contribution in [3.8, 4) is 22.5 Å². The Labute approximate surface area is 416 Å². The van der Waals surface area contributed by atoms with E-state index in [4.69, 9.17) is 33.9 Å². The van der Waals surface area contributed by atoms with E-state index in [2.05, 4.69) is 32.7 Å². The average molecular weight is 974 g/mol. The van der Waals surface area contributed by atoms with Gasteiger partial charge in [0.15, 0.2) is 0 Å². The topological polar surface area (TPSA) is 209 Å². The predicted molar refractivity (Wildman–Crippen MR) is 268 cm³/mol. The summed E-state index contributed by atoms with van der Waals surface area (Å²) < 4.78 is 22.5. The van der Waals surface area contributed by atoms with Crippen molar-refractivity contribution in [2.24, 2.45) is 0 Å². The maximum Gasteiger partial charge on any atom is 0.408 e. The van der Waals surface area contributed by atoms with Crippen molar-refractivity contribution in [1.82, 2.24) is 45.4 Å². The molecular weight excluding hydrogens is 915 g/mol. The number of rotatable bonds is 14. The molecule has 4 aliphatic heterocycles. The van der Waals surface area contributed by atoms with E-state index in [9.17, 15) is 19.5 Å². The highest BCUT2D eigenvalue weighted by molar-refractivity contribution is 5.89. The molecule has 372 valence electrons. The molecule has 4 fully saturated rings. The summed E-state index contributed by atoms with van der Waals surface area (Å²) in [6, 6.07) is 32.6. The van der Waals surface area contributed by atoms with Crippen molar-refractivity contribution in [1.29, 1.82) is 0 Å². The van der Waals surface area contributed by atoms with E-state index in [0.29, 0.717) is 82.4 Å². The van der Waals surface area contributed by atoms with Gasteiger partial charge in [0.2, 0.25) is 12.3 Å². The highest BCUT2D eigenvalue weighted by atomic mass is 16.6. The molecular formula is C55H59N9O8. The van der Waals surface area contributed by atoms with Crippen LogP contribution < -0.4 is 10.6 Å². The molecule has 3 aromatic heterocycles. The van der Waals surface area contributed by atoms with E-state index < -0.39 is 24.6 Å². The molecule has 5 N–H and O–H groups in total. The molecule has 4 aromatic carbocycles. The largest absolute Gasteiger partial charge is 0.446 e. The summed E-state index contributed by atoms with van der Waals surface area (Å²) >= 11 is 0. The lowest BCUT2D eigenvalue weighted by molar-refractivity contribution is -0.180. The van der Waals surface area contributed by atoms with Crippen molar-refractivity contribution >= 4 is 39.8 Å². The quantitative estimate of drug-likeness (QED) is 0.0658. The highest BCUT2D eigenvalue weighted by Gasteiger charge is 2.39. The van der Waals surface area contributed by atoms with Crippen LogP contribution in [0.25, 0.3) is 44.5 Å². The lowest BCUT2D eigenvalue weighted by atomic mass is 10.0. The Kier molecular flexibility index (Phi) is 14.0. The minimum atomic E-state index is -1.33. The molecule has 7 heterocycles. The summed E-state index contributed by atoms with van der Waals surface area (Å²) in [5.41, 5.74) is 7.36. The smallest absolute Gasteiger partial charge is 0.408 e. The summed E-state index contributed by atoms with van der Waals surface area (Å²) in [6.45, 7) is 3.32. The SMILES string of the molecule is O=C(NC(C(=O)N1CCCC1c1ncc(-c2ccc3nc(-c4ccc5nc(C6CCCN6C(=O)C(NC(O)OC6CCOCC6)c6ccccc6)[nH]c5c4)ccc3c2)[nH]1)c1ccccc1)OC1CCOCC1. The van der Waals surface area contributed by atoms with E-state index in [1.54, 1.807) is 6.20 Å². The fourth-order valence-corrected chi connectivity index (χ4v) is 10.6. The number of likely N-dealkylation sites (tertiary alicyclic amines) is 2. The number of fused-ring (bicyclic) bond motifs is 2. The number of hydrogen-bond acceptors (Lipinski definition) is 12. The fraction of sp³-hybridized carbons (Fsp3) is 0.382. The zero-order valence-electron chi connectivity index (χ0n) is 40.0. The maximum atomic E-state index is 14.4. The zero-order chi connectivity index (χ0) is 49.0. The predicted octanol–water partition coefficient (Wildman–Crippen LogP) is 7.94. The standard InChI is InChI=1S/C55H59N9O8/c65-52(48(34-9-3-1-4-10-34)61-54(67)71-39-21-27-69-28-22-39)63-25-7-13-46(63)50-56-33-45(60-50)37-16-19-41-36(31-37)15-18-42(57-41)38-17-20-43-44(32-38)59-51(58-43)47-14-8-26-64(47)53(66)49(35-11-5-2-6-12-35)62-55(68)72-40-23-29-70-30-24-40/h1-6,9-12,15-20,31-33,39-40,46-49,55,62,68H,7-8,13-14,21-30H2,(H,56,60)(H,58,59)(H,61,67). The number of aromatic nitrogens is 5. The fourth-order valence-electron chi connectivity index (χ4n) is 10.6. The second kappa shape index (κ2) is 21.4. The zero-order valence-corrected chi connectivity index (χ0v) is 40.0. The Morgan fingerprint density at radius 2 is 1.28 bits per heavy atom. The summed E-state index contributed by atoms with van der Waals surface area (Å²) in [7, 11) is 0. The monoisotopic (exact) mass is 973 g/mol. The number of H-pyrrole nitrogens is 2. The maximum absolute atomic E-state index is 14.4. The lowest BCUT2D eigenvalue weighted by Gasteiger charge is -2.31. The van der Waals surface area contributed by atoms with Gasteiger partial charge in [-0.25, -0.2) is 19.7 Å². The molecule has 0 spiro atoms. The van der Waals surface area contributed by atoms with Crippen LogP contribution in [0, 0.1) is 0 Å². The van der Waals surface area contributed by atoms with Gasteiger partial charge in [-0.1, -0.05) is 78.9 Å². The molecule has 0 saturated carbocycles. The molecule has 4 aliphatic rings. The Balaban J connectivity index is 0.772. The molecule has 0 aliphatic carbocycles. The molecule has 4 saturated heterocycles. The van der Waals surface area contributed by atoms with Crippen LogP contribution in [-0.2, 0) is 28.5 Å². The number of amides is 3. The second-order valence-corrected chi connectivity index (χ2v) is 19.0. The van der Waals surface area contributed by atoms with Gasteiger partial charge in [-0.15, -0.1) is 0 Å². The molecule has 72 heavy (non-hydrogen) atoms. The number of carbonyl (C=O) groups excluding carboxylic acids is 3. The van der Waals surface area contributed by atoms with Gasteiger partial charge in [0.05, 0.1) is 65.5 Å². The van der Waals surface area contributed by atoms with Crippen LogP contribution in [0.1, 0.15) is 98.3 Å². The number of carbonyl (C=O) groups is 3. The molecule has 0 bridgehead atoms. The van der Waals surface area contributed by atoms with E-state index in [1.807, 2.05) is 107 Å². The van der Waals surface area contributed by atoms with Crippen LogP contribution in [-0.4, -0.2) is 116 Å². The van der Waals surface area contributed by atoms with Crippen LogP contribution in [0.2, 0.25) is 0 Å².